The highest BCUT2D eigenvalue weighted by atomic mass is 16.5. The van der Waals surface area contributed by atoms with Crippen LogP contribution in [0, 0.1) is 0 Å². The van der Waals surface area contributed by atoms with Crippen LogP contribution in [-0.4, -0.2) is 24.8 Å². The van der Waals surface area contributed by atoms with Crippen molar-refractivity contribution in [3.05, 3.63) is 24.0 Å². The first-order valence-corrected chi connectivity index (χ1v) is 6.19. The van der Waals surface area contributed by atoms with Crippen molar-refractivity contribution < 1.29 is 9.47 Å². The molecule has 0 fully saturated rings. The second-order valence-corrected chi connectivity index (χ2v) is 3.89. The van der Waals surface area contributed by atoms with Gasteiger partial charge in [0, 0.05) is 25.5 Å². The van der Waals surface area contributed by atoms with Gasteiger partial charge in [-0.2, -0.15) is 0 Å². The van der Waals surface area contributed by atoms with Crippen LogP contribution in [0.15, 0.2) is 18.5 Å². The van der Waals surface area contributed by atoms with E-state index in [1.165, 1.54) is 0 Å². The molecule has 0 spiro atoms. The Morgan fingerprint density at radius 3 is 2.82 bits per heavy atom. The van der Waals surface area contributed by atoms with Crippen LogP contribution >= 0.6 is 0 Å². The van der Waals surface area contributed by atoms with Crippen molar-refractivity contribution in [1.82, 2.24) is 4.98 Å². The van der Waals surface area contributed by atoms with Crippen molar-refractivity contribution in [2.24, 2.45) is 5.73 Å². The van der Waals surface area contributed by atoms with Gasteiger partial charge in [-0.25, -0.2) is 0 Å². The standard InChI is InChI=1S/C13H22N2O2/c1-3-6-16-7-5-13(14)11-8-12(17-4-2)10-15-9-11/h8-10,13H,3-7,14H2,1-2H3. The van der Waals surface area contributed by atoms with Crippen LogP contribution in [0.4, 0.5) is 0 Å². The minimum atomic E-state index is -0.0419. The number of pyridine rings is 1. The smallest absolute Gasteiger partial charge is 0.137 e. The van der Waals surface area contributed by atoms with Gasteiger partial charge in [0.25, 0.3) is 0 Å². The largest absolute Gasteiger partial charge is 0.492 e. The zero-order valence-electron chi connectivity index (χ0n) is 10.7. The number of hydrogen-bond acceptors (Lipinski definition) is 4. The number of aromatic nitrogens is 1. The third-order valence-corrected chi connectivity index (χ3v) is 2.40. The van der Waals surface area contributed by atoms with Gasteiger partial charge < -0.3 is 15.2 Å². The third kappa shape index (κ3) is 5.15. The summed E-state index contributed by atoms with van der Waals surface area (Å²) in [5, 5.41) is 0. The maximum absolute atomic E-state index is 6.07. The minimum Gasteiger partial charge on any atom is -0.492 e. The molecule has 1 unspecified atom stereocenters. The first-order valence-electron chi connectivity index (χ1n) is 6.19. The Bertz CT molecular complexity index is 318. The van der Waals surface area contributed by atoms with Gasteiger partial charge in [-0.1, -0.05) is 6.92 Å². The maximum atomic E-state index is 6.07. The molecule has 1 rings (SSSR count). The minimum absolute atomic E-state index is 0.0419. The van der Waals surface area contributed by atoms with Gasteiger partial charge in [0.2, 0.25) is 0 Å². The number of ether oxygens (including phenoxy) is 2. The van der Waals surface area contributed by atoms with E-state index in [0.29, 0.717) is 13.2 Å². The average Bonchev–Trinajstić information content (AvgIpc) is 2.35. The fourth-order valence-corrected chi connectivity index (χ4v) is 1.51. The van der Waals surface area contributed by atoms with Gasteiger partial charge in [0.15, 0.2) is 0 Å². The second kappa shape index (κ2) is 8.03. The highest BCUT2D eigenvalue weighted by Crippen LogP contribution is 2.18. The molecule has 96 valence electrons. The van der Waals surface area contributed by atoms with E-state index in [1.807, 2.05) is 13.0 Å². The van der Waals surface area contributed by atoms with Gasteiger partial charge in [0.1, 0.15) is 5.75 Å². The zero-order chi connectivity index (χ0) is 12.5. The van der Waals surface area contributed by atoms with Crippen LogP contribution in [0.2, 0.25) is 0 Å². The van der Waals surface area contributed by atoms with E-state index >= 15 is 0 Å². The summed E-state index contributed by atoms with van der Waals surface area (Å²) in [6.45, 7) is 6.17. The Labute approximate surface area is 103 Å². The van der Waals surface area contributed by atoms with E-state index in [9.17, 15) is 0 Å². The second-order valence-electron chi connectivity index (χ2n) is 3.89. The zero-order valence-corrected chi connectivity index (χ0v) is 10.7. The molecule has 0 aliphatic carbocycles. The lowest BCUT2D eigenvalue weighted by atomic mass is 10.1. The van der Waals surface area contributed by atoms with Crippen molar-refractivity contribution in [2.75, 3.05) is 19.8 Å². The van der Waals surface area contributed by atoms with Crippen LogP contribution in [0.5, 0.6) is 5.75 Å². The summed E-state index contributed by atoms with van der Waals surface area (Å²) >= 11 is 0. The van der Waals surface area contributed by atoms with E-state index in [0.717, 1.165) is 30.8 Å². The number of hydrogen-bond donors (Lipinski definition) is 1. The van der Waals surface area contributed by atoms with E-state index in [2.05, 4.69) is 11.9 Å². The Balaban J connectivity index is 2.44. The maximum Gasteiger partial charge on any atom is 0.137 e. The van der Waals surface area contributed by atoms with Crippen molar-refractivity contribution in [3.63, 3.8) is 0 Å². The van der Waals surface area contributed by atoms with Crippen LogP contribution in [-0.2, 0) is 4.74 Å². The van der Waals surface area contributed by atoms with Gasteiger partial charge >= 0.3 is 0 Å². The van der Waals surface area contributed by atoms with Gasteiger partial charge in [0.05, 0.1) is 12.8 Å². The van der Waals surface area contributed by atoms with Gasteiger partial charge in [-0.05, 0) is 31.4 Å². The first kappa shape index (κ1) is 13.9. The summed E-state index contributed by atoms with van der Waals surface area (Å²) in [6.07, 6.45) is 5.33. The topological polar surface area (TPSA) is 57.4 Å². The molecule has 0 aromatic carbocycles. The van der Waals surface area contributed by atoms with Crippen molar-refractivity contribution in [2.45, 2.75) is 32.7 Å². The lowest BCUT2D eigenvalue weighted by Crippen LogP contribution is -2.13. The predicted molar refractivity (Wildman–Crippen MR) is 68.1 cm³/mol. The monoisotopic (exact) mass is 238 g/mol. The molecule has 0 saturated carbocycles. The molecule has 4 nitrogen and oxygen atoms in total. The molecule has 17 heavy (non-hydrogen) atoms. The molecule has 0 aliphatic heterocycles. The Morgan fingerprint density at radius 1 is 1.29 bits per heavy atom. The molecule has 4 heteroatoms. The lowest BCUT2D eigenvalue weighted by Gasteiger charge is -2.13. The molecule has 0 saturated heterocycles. The van der Waals surface area contributed by atoms with Gasteiger partial charge in [-0.15, -0.1) is 0 Å². The molecule has 1 aromatic rings. The van der Waals surface area contributed by atoms with Crippen LogP contribution in [0.1, 0.15) is 38.3 Å². The number of rotatable bonds is 8. The predicted octanol–water partition coefficient (Wildman–Crippen LogP) is 2.30. The molecule has 2 N–H and O–H groups in total. The van der Waals surface area contributed by atoms with Gasteiger partial charge in [-0.3, -0.25) is 4.98 Å². The fraction of sp³-hybridized carbons (Fsp3) is 0.615. The van der Waals surface area contributed by atoms with E-state index in [4.69, 9.17) is 15.2 Å². The Morgan fingerprint density at radius 2 is 2.12 bits per heavy atom. The normalized spacial score (nSPS) is 12.4. The molecule has 0 radical (unpaired) electrons. The molecule has 1 heterocycles. The SMILES string of the molecule is CCCOCCC(N)c1cncc(OCC)c1. The number of nitrogens with zero attached hydrogens (tertiary/aromatic N) is 1. The average molecular weight is 238 g/mol. The summed E-state index contributed by atoms with van der Waals surface area (Å²) in [5.41, 5.74) is 7.06. The summed E-state index contributed by atoms with van der Waals surface area (Å²) in [6, 6.07) is 1.90. The first-order chi connectivity index (χ1) is 8.27. The molecular weight excluding hydrogens is 216 g/mol. The lowest BCUT2D eigenvalue weighted by molar-refractivity contribution is 0.127. The van der Waals surface area contributed by atoms with E-state index in [-0.39, 0.29) is 6.04 Å². The highest BCUT2D eigenvalue weighted by molar-refractivity contribution is 5.25. The van der Waals surface area contributed by atoms with Crippen molar-refractivity contribution in [3.8, 4) is 5.75 Å². The molecule has 0 bridgehead atoms. The summed E-state index contributed by atoms with van der Waals surface area (Å²) in [5.74, 6) is 0.773. The summed E-state index contributed by atoms with van der Waals surface area (Å²) in [4.78, 5) is 4.12. The van der Waals surface area contributed by atoms with Crippen molar-refractivity contribution in [1.29, 1.82) is 0 Å². The Kier molecular flexibility index (Phi) is 6.58. The highest BCUT2D eigenvalue weighted by Gasteiger charge is 2.07. The van der Waals surface area contributed by atoms with Crippen LogP contribution in [0.3, 0.4) is 0 Å². The molecule has 1 aromatic heterocycles. The summed E-state index contributed by atoms with van der Waals surface area (Å²) in [7, 11) is 0. The third-order valence-electron chi connectivity index (χ3n) is 2.40. The quantitative estimate of drug-likeness (QED) is 0.706. The molecular formula is C13H22N2O2. The molecule has 0 aliphatic rings. The van der Waals surface area contributed by atoms with E-state index < -0.39 is 0 Å². The number of nitrogens with two attached hydrogens (primary N) is 1. The fourth-order valence-electron chi connectivity index (χ4n) is 1.51. The summed E-state index contributed by atoms with van der Waals surface area (Å²) < 4.78 is 10.8. The van der Waals surface area contributed by atoms with Crippen LogP contribution < -0.4 is 10.5 Å². The van der Waals surface area contributed by atoms with Crippen molar-refractivity contribution >= 4 is 0 Å². The molecule has 1 atom stereocenters. The van der Waals surface area contributed by atoms with E-state index in [1.54, 1.807) is 12.4 Å². The Hall–Kier alpha value is -1.13. The van der Waals surface area contributed by atoms with Crippen LogP contribution in [0.25, 0.3) is 0 Å². The molecule has 0 amide bonds.